The molecule has 0 atom stereocenters. The molecule has 8 heteroatoms. The molecule has 5 rings (SSSR count). The fourth-order valence-electron chi connectivity index (χ4n) is 3.53. The van der Waals surface area contributed by atoms with Crippen LogP contribution in [0.4, 0.5) is 11.4 Å². The molecule has 5 aromatic rings. The first-order valence-corrected chi connectivity index (χ1v) is 10.7. The van der Waals surface area contributed by atoms with Crippen LogP contribution in [-0.2, 0) is 0 Å². The third-order valence-electron chi connectivity index (χ3n) is 5.13. The van der Waals surface area contributed by atoms with Gasteiger partial charge in [0.2, 0.25) is 0 Å². The lowest BCUT2D eigenvalue weighted by atomic mass is 10.1. The van der Waals surface area contributed by atoms with Gasteiger partial charge < -0.3 is 15.2 Å². The Kier molecular flexibility index (Phi) is 4.81. The number of thiophene rings is 1. The molecule has 0 aliphatic rings. The van der Waals surface area contributed by atoms with E-state index >= 15 is 0 Å². The van der Waals surface area contributed by atoms with Gasteiger partial charge in [-0.15, -0.1) is 11.3 Å². The van der Waals surface area contributed by atoms with Gasteiger partial charge in [0.25, 0.3) is 5.91 Å². The van der Waals surface area contributed by atoms with E-state index in [0.717, 1.165) is 31.7 Å². The Labute approximate surface area is 188 Å². The van der Waals surface area contributed by atoms with E-state index in [1.807, 2.05) is 48.7 Å². The number of carbonyl (C=O) groups is 1. The van der Waals surface area contributed by atoms with Crippen molar-refractivity contribution in [2.24, 2.45) is 0 Å². The van der Waals surface area contributed by atoms with Crippen LogP contribution in [0, 0.1) is 11.3 Å². The fourth-order valence-corrected chi connectivity index (χ4v) is 4.51. The van der Waals surface area contributed by atoms with Gasteiger partial charge in [0, 0.05) is 48.5 Å². The van der Waals surface area contributed by atoms with Gasteiger partial charge in [-0.05, 0) is 42.5 Å². The van der Waals surface area contributed by atoms with E-state index in [4.69, 9.17) is 0 Å². The van der Waals surface area contributed by atoms with E-state index in [-0.39, 0.29) is 5.91 Å². The van der Waals surface area contributed by atoms with E-state index < -0.39 is 0 Å². The highest BCUT2D eigenvalue weighted by Crippen LogP contribution is 2.38. The van der Waals surface area contributed by atoms with Crippen LogP contribution in [0.2, 0.25) is 0 Å². The van der Waals surface area contributed by atoms with Crippen LogP contribution in [-0.4, -0.2) is 39.9 Å². The quantitative estimate of drug-likeness (QED) is 0.404. The number of fused-ring (bicyclic) bond motifs is 2. The van der Waals surface area contributed by atoms with Crippen molar-refractivity contribution >= 4 is 49.7 Å². The highest BCUT2D eigenvalue weighted by molar-refractivity contribution is 7.21. The number of anilines is 2. The summed E-state index contributed by atoms with van der Waals surface area (Å²) in [6.45, 7) is 0. The number of amides is 1. The molecule has 1 aromatic carbocycles. The summed E-state index contributed by atoms with van der Waals surface area (Å²) < 4.78 is 0. The van der Waals surface area contributed by atoms with Crippen molar-refractivity contribution < 1.29 is 4.79 Å². The highest BCUT2D eigenvalue weighted by Gasteiger charge is 2.16. The monoisotopic (exact) mass is 438 g/mol. The minimum absolute atomic E-state index is 0.152. The summed E-state index contributed by atoms with van der Waals surface area (Å²) in [6.07, 6.45) is 3.48. The van der Waals surface area contributed by atoms with Crippen molar-refractivity contribution in [2.45, 2.75) is 0 Å². The molecule has 0 fully saturated rings. The van der Waals surface area contributed by atoms with Crippen LogP contribution in [0.1, 0.15) is 16.1 Å². The van der Waals surface area contributed by atoms with Gasteiger partial charge in [-0.2, -0.15) is 5.26 Å². The zero-order chi connectivity index (χ0) is 22.2. The SMILES string of the molecule is CN(C)C(=O)c1cccc(-c2cc3c(Nc4ccc5[nH]ccc5c4)c(C#N)cnc3s2)n1. The van der Waals surface area contributed by atoms with Gasteiger partial charge in [0.1, 0.15) is 16.6 Å². The summed E-state index contributed by atoms with van der Waals surface area (Å²) in [7, 11) is 3.40. The van der Waals surface area contributed by atoms with Crippen LogP contribution in [0.15, 0.2) is 60.9 Å². The average molecular weight is 439 g/mol. The van der Waals surface area contributed by atoms with Gasteiger partial charge in [0.05, 0.1) is 21.8 Å². The molecule has 0 bridgehead atoms. The maximum absolute atomic E-state index is 12.3. The number of aromatic nitrogens is 3. The topological polar surface area (TPSA) is 97.7 Å². The Morgan fingerprint density at radius 2 is 2.06 bits per heavy atom. The Morgan fingerprint density at radius 1 is 1.19 bits per heavy atom. The van der Waals surface area contributed by atoms with Gasteiger partial charge in [-0.1, -0.05) is 6.07 Å². The number of benzene rings is 1. The van der Waals surface area contributed by atoms with Crippen molar-refractivity contribution in [1.29, 1.82) is 5.26 Å². The third-order valence-corrected chi connectivity index (χ3v) is 6.20. The van der Waals surface area contributed by atoms with Crippen molar-refractivity contribution in [2.75, 3.05) is 19.4 Å². The summed E-state index contributed by atoms with van der Waals surface area (Å²) in [5.41, 5.74) is 4.17. The molecule has 0 aliphatic heterocycles. The Bertz CT molecular complexity index is 1520. The second kappa shape index (κ2) is 7.80. The van der Waals surface area contributed by atoms with Gasteiger partial charge >= 0.3 is 0 Å². The lowest BCUT2D eigenvalue weighted by Gasteiger charge is -2.10. The number of carbonyl (C=O) groups excluding carboxylic acids is 1. The lowest BCUT2D eigenvalue weighted by Crippen LogP contribution is -2.22. The van der Waals surface area contributed by atoms with Crippen LogP contribution < -0.4 is 5.32 Å². The smallest absolute Gasteiger partial charge is 0.271 e. The first kappa shape index (κ1) is 19.7. The Balaban J connectivity index is 1.59. The minimum atomic E-state index is -0.152. The summed E-state index contributed by atoms with van der Waals surface area (Å²) in [6, 6.07) is 17.6. The number of rotatable bonds is 4. The minimum Gasteiger partial charge on any atom is -0.361 e. The maximum atomic E-state index is 12.3. The molecule has 2 N–H and O–H groups in total. The predicted octanol–water partition coefficient (Wildman–Crippen LogP) is 5.16. The van der Waals surface area contributed by atoms with Gasteiger partial charge in [-0.25, -0.2) is 9.97 Å². The molecule has 156 valence electrons. The molecule has 0 saturated carbocycles. The summed E-state index contributed by atoms with van der Waals surface area (Å²) >= 11 is 1.47. The molecule has 7 nitrogen and oxygen atoms in total. The number of aromatic amines is 1. The van der Waals surface area contributed by atoms with Crippen LogP contribution in [0.25, 0.3) is 31.7 Å². The molecule has 4 heterocycles. The molecule has 4 aromatic heterocycles. The average Bonchev–Trinajstić information content (AvgIpc) is 3.45. The van der Waals surface area contributed by atoms with E-state index in [2.05, 4.69) is 26.3 Å². The van der Waals surface area contributed by atoms with Gasteiger partial charge in [-0.3, -0.25) is 4.79 Å². The first-order chi connectivity index (χ1) is 15.5. The zero-order valence-corrected chi connectivity index (χ0v) is 18.2. The highest BCUT2D eigenvalue weighted by atomic mass is 32.1. The van der Waals surface area contributed by atoms with Crippen LogP contribution in [0.5, 0.6) is 0 Å². The zero-order valence-electron chi connectivity index (χ0n) is 17.4. The van der Waals surface area contributed by atoms with Crippen LogP contribution >= 0.6 is 11.3 Å². The summed E-state index contributed by atoms with van der Waals surface area (Å²) in [4.78, 5) is 27.7. The largest absolute Gasteiger partial charge is 0.361 e. The fraction of sp³-hybridized carbons (Fsp3) is 0.0833. The number of nitrogens with zero attached hydrogens (tertiary/aromatic N) is 4. The number of hydrogen-bond donors (Lipinski definition) is 2. The Morgan fingerprint density at radius 3 is 2.88 bits per heavy atom. The normalized spacial score (nSPS) is 10.9. The van der Waals surface area contributed by atoms with Crippen molar-refractivity contribution in [3.63, 3.8) is 0 Å². The summed E-state index contributed by atoms with van der Waals surface area (Å²) in [5.74, 6) is -0.152. The van der Waals surface area contributed by atoms with Gasteiger partial charge in [0.15, 0.2) is 0 Å². The van der Waals surface area contributed by atoms with Crippen molar-refractivity contribution in [3.8, 4) is 16.6 Å². The van der Waals surface area contributed by atoms with E-state index in [9.17, 15) is 10.1 Å². The molecule has 1 amide bonds. The predicted molar refractivity (Wildman–Crippen MR) is 127 cm³/mol. The molecular formula is C24H18N6OS. The molecular weight excluding hydrogens is 420 g/mol. The van der Waals surface area contributed by atoms with E-state index in [0.29, 0.717) is 22.6 Å². The molecule has 0 radical (unpaired) electrons. The van der Waals surface area contributed by atoms with Crippen molar-refractivity contribution in [1.82, 2.24) is 19.9 Å². The number of nitrogens with one attached hydrogen (secondary N) is 2. The number of H-pyrrole nitrogens is 1. The third kappa shape index (κ3) is 3.45. The second-order valence-corrected chi connectivity index (χ2v) is 8.53. The molecule has 0 saturated heterocycles. The first-order valence-electron chi connectivity index (χ1n) is 9.89. The maximum Gasteiger partial charge on any atom is 0.271 e. The van der Waals surface area contributed by atoms with E-state index in [1.165, 1.54) is 16.2 Å². The second-order valence-electron chi connectivity index (χ2n) is 7.50. The Hall–Kier alpha value is -4.22. The molecule has 32 heavy (non-hydrogen) atoms. The standard InChI is InChI=1S/C24H18N6OS/c1-30(2)24(31)20-5-3-4-19(29-20)21-11-17-22(15(12-25)13-27-23(17)32-21)28-16-6-7-18-14(10-16)8-9-26-18/h3-11,13,26H,1-2H3,(H,27,28). The number of hydrogen-bond acceptors (Lipinski definition) is 6. The molecule has 0 unspecified atom stereocenters. The van der Waals surface area contributed by atoms with Crippen LogP contribution in [0.3, 0.4) is 0 Å². The molecule has 0 spiro atoms. The van der Waals surface area contributed by atoms with E-state index in [1.54, 1.807) is 26.4 Å². The molecule has 0 aliphatic carbocycles. The van der Waals surface area contributed by atoms with Crippen molar-refractivity contribution in [3.05, 3.63) is 72.2 Å². The summed E-state index contributed by atoms with van der Waals surface area (Å²) in [5, 5.41) is 15.0. The number of nitriles is 1. The lowest BCUT2D eigenvalue weighted by molar-refractivity contribution is 0.0822. The number of pyridine rings is 2.